The number of ether oxygens (including phenoxy) is 4. The molecule has 0 aromatic carbocycles. The molecule has 0 unspecified atom stereocenters. The molecule has 1 aromatic rings. The van der Waals surface area contributed by atoms with Crippen LogP contribution in [0.25, 0.3) is 0 Å². The van der Waals surface area contributed by atoms with Crippen LogP contribution in [0, 0.1) is 5.41 Å². The maximum absolute atomic E-state index is 15.3. The van der Waals surface area contributed by atoms with Crippen molar-refractivity contribution in [3.8, 4) is 0 Å². The lowest BCUT2D eigenvalue weighted by molar-refractivity contribution is -0.154. The second-order valence-corrected chi connectivity index (χ2v) is 59.1. The van der Waals surface area contributed by atoms with Crippen LogP contribution in [0.4, 0.5) is 4.79 Å². The topological polar surface area (TPSA) is 158 Å². The second kappa shape index (κ2) is 27.1. The summed E-state index contributed by atoms with van der Waals surface area (Å²) in [5.41, 5.74) is -2.26. The monoisotopic (exact) mass is 1200 g/mol. The Labute approximate surface area is 478 Å². The number of aromatic nitrogens is 2. The Morgan fingerprint density at radius 3 is 1.56 bits per heavy atom. The van der Waals surface area contributed by atoms with Gasteiger partial charge in [0.2, 0.25) is 5.91 Å². The summed E-state index contributed by atoms with van der Waals surface area (Å²) in [6.07, 6.45) is -0.958. The van der Waals surface area contributed by atoms with E-state index in [4.69, 9.17) is 36.7 Å². The molecule has 16 nitrogen and oxygen atoms in total. The Balaban J connectivity index is 1.88. The summed E-state index contributed by atoms with van der Waals surface area (Å²) in [4.78, 5) is 63.2. The number of carbonyl (C=O) groups is 2. The van der Waals surface area contributed by atoms with E-state index in [0.29, 0.717) is 39.3 Å². The van der Waals surface area contributed by atoms with Crippen molar-refractivity contribution in [2.75, 3.05) is 39.7 Å². The van der Waals surface area contributed by atoms with Crippen LogP contribution >= 0.6 is 0 Å². The molecular formula is C56H112N4O12Si6. The zero-order valence-corrected chi connectivity index (χ0v) is 59.5. The summed E-state index contributed by atoms with van der Waals surface area (Å²) in [5, 5.41) is -0.148. The van der Waals surface area contributed by atoms with Gasteiger partial charge in [0, 0.05) is 60.5 Å². The van der Waals surface area contributed by atoms with E-state index in [2.05, 4.69) is 149 Å². The Hall–Kier alpha value is -1.40. The molecule has 7 atom stereocenters. The molecule has 1 aromatic heterocycles. The number of hydrogen-bond acceptors (Lipinski definition) is 12. The van der Waals surface area contributed by atoms with Crippen molar-refractivity contribution in [2.45, 2.75) is 277 Å². The first-order valence-electron chi connectivity index (χ1n) is 29.9. The van der Waals surface area contributed by atoms with E-state index in [-0.39, 0.29) is 48.2 Å². The maximum atomic E-state index is 15.3. The number of imide groups is 1. The van der Waals surface area contributed by atoms with Crippen molar-refractivity contribution in [1.29, 1.82) is 0 Å². The summed E-state index contributed by atoms with van der Waals surface area (Å²) in [7, 11) is -11.9. The average Bonchev–Trinajstić information content (AvgIpc) is 3.93. The smallest absolute Gasteiger partial charge is 0.335 e. The van der Waals surface area contributed by atoms with Gasteiger partial charge in [-0.25, -0.2) is 19.1 Å². The van der Waals surface area contributed by atoms with Crippen molar-refractivity contribution in [3.05, 3.63) is 32.6 Å². The lowest BCUT2D eigenvalue weighted by Gasteiger charge is -2.46. The van der Waals surface area contributed by atoms with Crippen molar-refractivity contribution >= 4 is 61.4 Å². The molecule has 3 fully saturated rings. The van der Waals surface area contributed by atoms with Crippen molar-refractivity contribution < 1.29 is 46.2 Å². The molecule has 3 amide bonds. The molecular weight excluding hydrogens is 1090 g/mol. The minimum Gasteiger partial charge on any atom is -0.414 e. The van der Waals surface area contributed by atoms with E-state index in [9.17, 15) is 4.79 Å². The van der Waals surface area contributed by atoms with Gasteiger partial charge >= 0.3 is 11.7 Å². The SMILES string of the molecule is CC[Si](CC)(CC)OC[C@H]1O[C@@H](N2C[C@@](C)(Cc3cn([C@H]4C[C@H](O[Si](C)(C)C(C)(C)C)[C@@H](CO[Si](C)(C)C(C)(C)C)O4)c(=O)n(COCC[Si](C)(C)C)c3=O)C(=O)N(COCC[Si](C)(C)C)C2=O)C[C@@H]1O[Si](CC)(CC)CC. The lowest BCUT2D eigenvalue weighted by atomic mass is 9.80. The number of hydrogen-bond donors (Lipinski definition) is 0. The molecule has 0 bridgehead atoms. The summed E-state index contributed by atoms with van der Waals surface area (Å²) < 4.78 is 57.1. The molecule has 3 aliphatic rings. The molecule has 4 rings (SSSR count). The summed E-state index contributed by atoms with van der Waals surface area (Å²) in [5.74, 6) is -0.459. The van der Waals surface area contributed by atoms with Gasteiger partial charge in [-0.2, -0.15) is 0 Å². The maximum Gasteiger partial charge on any atom is 0.335 e. The third kappa shape index (κ3) is 17.4. The molecule has 3 saturated heterocycles. The van der Waals surface area contributed by atoms with Crippen LogP contribution in [-0.2, 0) is 54.6 Å². The number of carbonyl (C=O) groups excluding carboxylic acids is 2. The molecule has 4 heterocycles. The highest BCUT2D eigenvalue weighted by Crippen LogP contribution is 2.44. The molecule has 22 heteroatoms. The van der Waals surface area contributed by atoms with Crippen LogP contribution in [0.5, 0.6) is 0 Å². The van der Waals surface area contributed by atoms with Crippen molar-refractivity contribution in [3.63, 3.8) is 0 Å². The Morgan fingerprint density at radius 1 is 0.615 bits per heavy atom. The van der Waals surface area contributed by atoms with Crippen LogP contribution in [0.1, 0.15) is 115 Å². The van der Waals surface area contributed by atoms with Gasteiger partial charge in [-0.15, -0.1) is 0 Å². The third-order valence-electron chi connectivity index (χ3n) is 18.5. The number of rotatable bonds is 30. The number of nitrogens with zero attached hydrogens (tertiary/aromatic N) is 4. The molecule has 3 aliphatic heterocycles. The van der Waals surface area contributed by atoms with E-state index in [1.165, 1.54) is 9.47 Å². The van der Waals surface area contributed by atoms with Gasteiger partial charge < -0.3 is 36.7 Å². The third-order valence-corrected chi connectivity index (χ3v) is 40.3. The first kappa shape index (κ1) is 69.1. The highest BCUT2D eigenvalue weighted by molar-refractivity contribution is 6.77. The first-order valence-corrected chi connectivity index (χ1v) is 48.2. The molecule has 0 aliphatic carbocycles. The van der Waals surface area contributed by atoms with Gasteiger partial charge in [-0.3, -0.25) is 19.1 Å². The summed E-state index contributed by atoms with van der Waals surface area (Å²) >= 11 is 0. The van der Waals surface area contributed by atoms with E-state index < -0.39 is 109 Å². The standard InChI is InChI=1S/C56H112N4O12Si6/c1-24-77(25-2,26-3)68-39-47-45(72-78(27-4,28-5)29-6)35-49(70-47)58-40-56(13,51(62)60(53(58)64)42-66-31-33-74(17,18)19)36-43-37-57(52(63)59(50(43)61)41-65-30-32-73(14,15)16)48-34-44(71-76(22,23)55(10,11)12)46(69-48)38-67-75(20,21)54(7,8)9/h37,44-49H,24-36,38-42H2,1-23H3/t44-,45-,46+,47+,48+,49+,56+/m0/s1. The number of urea groups is 1. The Kier molecular flexibility index (Phi) is 24.0. The van der Waals surface area contributed by atoms with E-state index in [0.717, 1.165) is 52.9 Å². The van der Waals surface area contributed by atoms with E-state index >= 15 is 14.4 Å². The van der Waals surface area contributed by atoms with Crippen LogP contribution in [0.2, 0.25) is 124 Å². The van der Waals surface area contributed by atoms with Gasteiger partial charge in [0.05, 0.1) is 30.8 Å². The van der Waals surface area contributed by atoms with Gasteiger partial charge in [-0.1, -0.05) is 122 Å². The average molecular weight is 1200 g/mol. The van der Waals surface area contributed by atoms with Gasteiger partial charge in [0.25, 0.3) is 5.56 Å². The first-order chi connectivity index (χ1) is 35.8. The molecule has 0 radical (unpaired) electrons. The molecule has 0 spiro atoms. The molecule has 452 valence electrons. The van der Waals surface area contributed by atoms with Crippen LogP contribution in [0.3, 0.4) is 0 Å². The largest absolute Gasteiger partial charge is 0.414 e. The van der Waals surface area contributed by atoms with Crippen LogP contribution in [0.15, 0.2) is 15.8 Å². The minimum atomic E-state index is -2.37. The highest BCUT2D eigenvalue weighted by atomic mass is 28.4. The van der Waals surface area contributed by atoms with Crippen molar-refractivity contribution in [1.82, 2.24) is 18.9 Å². The Bertz CT molecular complexity index is 2230. The predicted molar refractivity (Wildman–Crippen MR) is 331 cm³/mol. The zero-order chi connectivity index (χ0) is 59.3. The van der Waals surface area contributed by atoms with Gasteiger partial charge in [0.1, 0.15) is 38.1 Å². The summed E-state index contributed by atoms with van der Waals surface area (Å²) in [6.45, 7) is 51.6. The Morgan fingerprint density at radius 2 is 1.08 bits per heavy atom. The normalized spacial score (nSPS) is 24.6. The minimum absolute atomic E-state index is 0.0446. The highest BCUT2D eigenvalue weighted by Gasteiger charge is 2.54. The van der Waals surface area contributed by atoms with Crippen LogP contribution in [-0.4, -0.2) is 151 Å². The second-order valence-electron chi connectivity index (χ2n) is 28.8. The fourth-order valence-corrected chi connectivity index (χ4v) is 19.6. The molecule has 0 N–H and O–H groups in total. The lowest BCUT2D eigenvalue weighted by Crippen LogP contribution is -2.64. The molecule has 0 saturated carbocycles. The fourth-order valence-electron chi connectivity index (χ4n) is 10.2. The zero-order valence-electron chi connectivity index (χ0n) is 53.5. The molecule has 78 heavy (non-hydrogen) atoms. The van der Waals surface area contributed by atoms with Gasteiger partial charge in [0.15, 0.2) is 33.3 Å². The predicted octanol–water partition coefficient (Wildman–Crippen LogP) is 12.7. The van der Waals surface area contributed by atoms with Crippen LogP contribution < -0.4 is 11.2 Å². The fraction of sp³-hybridized carbons (Fsp3) is 0.893. The van der Waals surface area contributed by atoms with E-state index in [1.807, 2.05) is 6.92 Å². The van der Waals surface area contributed by atoms with Gasteiger partial charge in [-0.05, 0) is 98.0 Å². The van der Waals surface area contributed by atoms with E-state index in [1.54, 1.807) is 11.1 Å². The number of amides is 3. The van der Waals surface area contributed by atoms with Crippen molar-refractivity contribution in [2.24, 2.45) is 5.41 Å². The summed E-state index contributed by atoms with van der Waals surface area (Å²) in [6, 6.07) is 7.01. The quantitative estimate of drug-likeness (QED) is 0.0531.